The molecule has 0 bridgehead atoms. The molecule has 0 radical (unpaired) electrons. The fourth-order valence-electron chi connectivity index (χ4n) is 4.27. The number of hydrogen-bond donors (Lipinski definition) is 0. The number of nitrogens with zero attached hydrogens (tertiary/aromatic N) is 1. The molecule has 4 nitrogen and oxygen atoms in total. The minimum absolute atomic E-state index is 0.267. The first-order chi connectivity index (χ1) is 12.3. The van der Waals surface area contributed by atoms with Crippen molar-refractivity contribution in [3.63, 3.8) is 0 Å². The van der Waals surface area contributed by atoms with E-state index in [9.17, 15) is 0 Å². The van der Waals surface area contributed by atoms with Crippen molar-refractivity contribution >= 4 is 11.6 Å². The minimum Gasteiger partial charge on any atom is -0.461 e. The zero-order valence-electron chi connectivity index (χ0n) is 14.6. The number of rotatable bonds is 6. The molecule has 1 unspecified atom stereocenters. The lowest BCUT2D eigenvalue weighted by atomic mass is 9.64. The molecule has 136 valence electrons. The van der Waals surface area contributed by atoms with Gasteiger partial charge in [0.2, 0.25) is 6.79 Å². The average molecular weight is 364 g/mol. The van der Waals surface area contributed by atoms with Crippen molar-refractivity contribution < 1.29 is 14.2 Å². The largest absolute Gasteiger partial charge is 0.461 e. The van der Waals surface area contributed by atoms with Crippen LogP contribution < -0.4 is 0 Å². The second kappa shape index (κ2) is 7.46. The van der Waals surface area contributed by atoms with Gasteiger partial charge in [-0.3, -0.25) is 4.90 Å². The predicted molar refractivity (Wildman–Crippen MR) is 97.3 cm³/mol. The first kappa shape index (κ1) is 17.0. The monoisotopic (exact) mass is 363 g/mol. The van der Waals surface area contributed by atoms with E-state index in [1.807, 2.05) is 12.1 Å². The van der Waals surface area contributed by atoms with Gasteiger partial charge < -0.3 is 14.2 Å². The third-order valence-electron chi connectivity index (χ3n) is 5.89. The van der Waals surface area contributed by atoms with E-state index in [-0.39, 0.29) is 12.2 Å². The molecule has 1 aliphatic carbocycles. The Bertz CT molecular complexity index is 612. The second-order valence-corrected chi connectivity index (χ2v) is 7.87. The summed E-state index contributed by atoms with van der Waals surface area (Å²) < 4.78 is 16.2. The van der Waals surface area contributed by atoms with Crippen LogP contribution in [0.25, 0.3) is 0 Å². The fraction of sp³-hybridized carbons (Fsp3) is 0.600. The third-order valence-corrected chi connectivity index (χ3v) is 6.14. The van der Waals surface area contributed by atoms with Crippen LogP contribution in [0.5, 0.6) is 0 Å². The summed E-state index contributed by atoms with van der Waals surface area (Å²) in [4.78, 5) is 2.63. The minimum atomic E-state index is 0.267. The van der Waals surface area contributed by atoms with Crippen molar-refractivity contribution in [3.8, 4) is 0 Å². The molecule has 2 aliphatic heterocycles. The molecule has 0 amide bonds. The van der Waals surface area contributed by atoms with Crippen molar-refractivity contribution in [1.29, 1.82) is 0 Å². The number of hydrogen-bond acceptors (Lipinski definition) is 4. The van der Waals surface area contributed by atoms with Crippen LogP contribution in [0.2, 0.25) is 5.02 Å². The smallest absolute Gasteiger partial charge is 0.318 e. The number of piperidine rings is 1. The molecule has 0 spiro atoms. The standard InChI is InChI=1S/C20H26ClNO3/c21-17-7-5-16(6-8-17)20(9-3-10-20)14-22-11-2-1-4-18(22)12-24-19-13-23-15-25-19/h5-8,13,18H,1-4,9-12,14-15H2. The number of benzene rings is 1. The topological polar surface area (TPSA) is 30.9 Å². The van der Waals surface area contributed by atoms with E-state index in [0.29, 0.717) is 18.6 Å². The summed E-state index contributed by atoms with van der Waals surface area (Å²) in [5.41, 5.74) is 1.72. The van der Waals surface area contributed by atoms with Crippen molar-refractivity contribution in [2.45, 2.75) is 50.0 Å². The Balaban J connectivity index is 1.43. The van der Waals surface area contributed by atoms with Gasteiger partial charge >= 0.3 is 5.95 Å². The van der Waals surface area contributed by atoms with Crippen LogP contribution in [0.1, 0.15) is 44.1 Å². The highest BCUT2D eigenvalue weighted by molar-refractivity contribution is 6.30. The fourth-order valence-corrected chi connectivity index (χ4v) is 4.40. The zero-order chi connectivity index (χ0) is 17.1. The van der Waals surface area contributed by atoms with Gasteiger partial charge in [0.25, 0.3) is 0 Å². The second-order valence-electron chi connectivity index (χ2n) is 7.44. The van der Waals surface area contributed by atoms with Gasteiger partial charge in [-0.2, -0.15) is 0 Å². The summed E-state index contributed by atoms with van der Waals surface area (Å²) in [6, 6.07) is 8.93. The molecule has 1 aromatic rings. The van der Waals surface area contributed by atoms with Crippen LogP contribution in [0.3, 0.4) is 0 Å². The van der Waals surface area contributed by atoms with E-state index in [1.54, 1.807) is 6.26 Å². The maximum atomic E-state index is 6.09. The molecule has 4 rings (SSSR count). The van der Waals surface area contributed by atoms with Gasteiger partial charge in [0.15, 0.2) is 6.26 Å². The highest BCUT2D eigenvalue weighted by Crippen LogP contribution is 2.45. The van der Waals surface area contributed by atoms with E-state index in [2.05, 4.69) is 17.0 Å². The quantitative estimate of drug-likeness (QED) is 0.747. The summed E-state index contributed by atoms with van der Waals surface area (Å²) in [5.74, 6) is 0.515. The molecule has 2 fully saturated rings. The Morgan fingerprint density at radius 3 is 2.68 bits per heavy atom. The molecule has 2 heterocycles. The van der Waals surface area contributed by atoms with Crippen LogP contribution in [-0.4, -0.2) is 37.4 Å². The number of halogens is 1. The van der Waals surface area contributed by atoms with Gasteiger partial charge in [-0.1, -0.05) is 36.6 Å². The Labute approximate surface area is 154 Å². The van der Waals surface area contributed by atoms with E-state index in [1.165, 1.54) is 44.1 Å². The molecule has 1 saturated heterocycles. The van der Waals surface area contributed by atoms with E-state index >= 15 is 0 Å². The van der Waals surface area contributed by atoms with Crippen LogP contribution in [0.4, 0.5) is 0 Å². The first-order valence-corrected chi connectivity index (χ1v) is 9.70. The SMILES string of the molecule is Clc1ccc(C2(CN3CCCCC3COC3=COCO3)CCC2)cc1. The lowest BCUT2D eigenvalue weighted by Crippen LogP contribution is -2.52. The van der Waals surface area contributed by atoms with Crippen LogP contribution in [0.15, 0.2) is 36.5 Å². The number of ether oxygens (including phenoxy) is 3. The van der Waals surface area contributed by atoms with E-state index in [4.69, 9.17) is 25.8 Å². The summed E-state index contributed by atoms with van der Waals surface area (Å²) in [6.45, 7) is 3.20. The summed E-state index contributed by atoms with van der Waals surface area (Å²) in [7, 11) is 0. The average Bonchev–Trinajstić information content (AvgIpc) is 3.12. The Kier molecular flexibility index (Phi) is 5.09. The van der Waals surface area contributed by atoms with E-state index in [0.717, 1.165) is 18.1 Å². The van der Waals surface area contributed by atoms with Gasteiger partial charge in [-0.25, -0.2) is 0 Å². The molecule has 1 aromatic carbocycles. The van der Waals surface area contributed by atoms with Gasteiger partial charge in [-0.05, 0) is 49.9 Å². The van der Waals surface area contributed by atoms with Gasteiger partial charge in [0.05, 0.1) is 0 Å². The highest BCUT2D eigenvalue weighted by atomic mass is 35.5. The normalized spacial score (nSPS) is 25.5. The molecular formula is C20H26ClNO3. The van der Waals surface area contributed by atoms with Crippen molar-refractivity contribution in [1.82, 2.24) is 4.90 Å². The van der Waals surface area contributed by atoms with Crippen LogP contribution >= 0.6 is 11.6 Å². The lowest BCUT2D eigenvalue weighted by molar-refractivity contribution is -0.0216. The van der Waals surface area contributed by atoms with Crippen molar-refractivity contribution in [2.75, 3.05) is 26.5 Å². The molecule has 5 heteroatoms. The molecule has 25 heavy (non-hydrogen) atoms. The van der Waals surface area contributed by atoms with Crippen molar-refractivity contribution in [3.05, 3.63) is 47.1 Å². The van der Waals surface area contributed by atoms with Crippen LogP contribution in [-0.2, 0) is 19.6 Å². The summed E-state index contributed by atoms with van der Waals surface area (Å²) in [5, 5.41) is 0.814. The van der Waals surface area contributed by atoms with Gasteiger partial charge in [0, 0.05) is 23.0 Å². The number of likely N-dealkylation sites (tertiary alicyclic amines) is 1. The summed E-state index contributed by atoms with van der Waals surface area (Å²) >= 11 is 6.09. The Morgan fingerprint density at radius 1 is 1.16 bits per heavy atom. The zero-order valence-corrected chi connectivity index (χ0v) is 15.3. The lowest BCUT2D eigenvalue weighted by Gasteiger charge is -2.48. The Hall–Kier alpha value is -1.39. The molecule has 1 atom stereocenters. The third kappa shape index (κ3) is 3.75. The molecule has 1 saturated carbocycles. The predicted octanol–water partition coefficient (Wildman–Crippen LogP) is 4.44. The van der Waals surface area contributed by atoms with Gasteiger partial charge in [-0.15, -0.1) is 0 Å². The molecule has 0 aromatic heterocycles. The van der Waals surface area contributed by atoms with E-state index < -0.39 is 0 Å². The summed E-state index contributed by atoms with van der Waals surface area (Å²) in [6.07, 6.45) is 9.14. The first-order valence-electron chi connectivity index (χ1n) is 9.33. The molecule has 0 N–H and O–H groups in total. The van der Waals surface area contributed by atoms with Crippen LogP contribution in [0, 0.1) is 0 Å². The maximum Gasteiger partial charge on any atom is 0.318 e. The van der Waals surface area contributed by atoms with Crippen molar-refractivity contribution in [2.24, 2.45) is 0 Å². The van der Waals surface area contributed by atoms with Gasteiger partial charge in [0.1, 0.15) is 6.61 Å². The molecular weight excluding hydrogens is 338 g/mol. The maximum absolute atomic E-state index is 6.09. The Morgan fingerprint density at radius 2 is 2.00 bits per heavy atom. The molecule has 3 aliphatic rings. The highest BCUT2D eigenvalue weighted by Gasteiger charge is 2.41.